The Morgan fingerprint density at radius 1 is 1.32 bits per heavy atom. The molecular formula is C20H22F5N3O3. The second kappa shape index (κ2) is 8.91. The number of hydrogen-bond donors (Lipinski definition) is 3. The van der Waals surface area contributed by atoms with E-state index in [-0.39, 0.29) is 18.5 Å². The van der Waals surface area contributed by atoms with Crippen molar-refractivity contribution in [3.05, 3.63) is 46.5 Å². The van der Waals surface area contributed by atoms with Crippen molar-refractivity contribution in [2.24, 2.45) is 11.8 Å². The molecule has 0 aromatic heterocycles. The van der Waals surface area contributed by atoms with Crippen LogP contribution in [0.15, 0.2) is 29.3 Å². The number of carbonyl (C=O) groups excluding carboxylic acids is 2. The molecule has 4 atom stereocenters. The summed E-state index contributed by atoms with van der Waals surface area (Å²) in [6.45, 7) is 1.16. The lowest BCUT2D eigenvalue weighted by molar-refractivity contribution is -0.136. The van der Waals surface area contributed by atoms with Crippen LogP contribution in [-0.2, 0) is 20.9 Å². The summed E-state index contributed by atoms with van der Waals surface area (Å²) in [6.07, 6.45) is -5.59. The molecule has 0 saturated carbocycles. The largest absolute Gasteiger partial charge is 0.413 e. The summed E-state index contributed by atoms with van der Waals surface area (Å²) in [5.74, 6) is -6.27. The zero-order chi connectivity index (χ0) is 22.9. The number of alkyl halides is 3. The average Bonchev–Trinajstić information content (AvgIpc) is 2.70. The summed E-state index contributed by atoms with van der Waals surface area (Å²) < 4.78 is 74.2. The molecule has 1 aromatic rings. The zero-order valence-electron chi connectivity index (χ0n) is 16.8. The van der Waals surface area contributed by atoms with Crippen molar-refractivity contribution >= 4 is 11.8 Å². The third-order valence-corrected chi connectivity index (χ3v) is 5.60. The molecule has 11 heteroatoms. The fourth-order valence-electron chi connectivity index (χ4n) is 4.09. The van der Waals surface area contributed by atoms with Gasteiger partial charge in [-0.3, -0.25) is 14.9 Å². The summed E-state index contributed by atoms with van der Waals surface area (Å²) in [6, 6.07) is 1.95. The first-order chi connectivity index (χ1) is 14.5. The molecule has 170 valence electrons. The van der Waals surface area contributed by atoms with E-state index in [4.69, 9.17) is 4.74 Å². The maximum absolute atomic E-state index is 14.1. The predicted octanol–water partition coefficient (Wildman–Crippen LogP) is 2.16. The van der Waals surface area contributed by atoms with Gasteiger partial charge in [0, 0.05) is 42.8 Å². The second-order valence-corrected chi connectivity index (χ2v) is 7.51. The summed E-state index contributed by atoms with van der Waals surface area (Å²) >= 11 is 0. The van der Waals surface area contributed by atoms with Crippen LogP contribution in [-0.4, -0.2) is 43.9 Å². The van der Waals surface area contributed by atoms with Gasteiger partial charge in [0.15, 0.2) is 0 Å². The van der Waals surface area contributed by atoms with E-state index in [1.54, 1.807) is 0 Å². The van der Waals surface area contributed by atoms with Gasteiger partial charge in [-0.05, 0) is 26.0 Å². The van der Waals surface area contributed by atoms with Crippen molar-refractivity contribution in [1.29, 1.82) is 0 Å². The topological polar surface area (TPSA) is 79.5 Å². The van der Waals surface area contributed by atoms with E-state index in [1.807, 2.05) is 0 Å². The molecule has 0 aliphatic carbocycles. The Morgan fingerprint density at radius 3 is 2.65 bits per heavy atom. The Hall–Kier alpha value is -2.53. The van der Waals surface area contributed by atoms with Crippen LogP contribution in [0.2, 0.25) is 0 Å². The third kappa shape index (κ3) is 4.72. The van der Waals surface area contributed by atoms with Crippen molar-refractivity contribution in [3.63, 3.8) is 0 Å². The van der Waals surface area contributed by atoms with E-state index >= 15 is 0 Å². The number of ether oxygens (including phenoxy) is 1. The molecule has 6 nitrogen and oxygen atoms in total. The monoisotopic (exact) mass is 447 g/mol. The van der Waals surface area contributed by atoms with Gasteiger partial charge in [-0.1, -0.05) is 6.07 Å². The Bertz CT molecular complexity index is 903. The number of benzene rings is 1. The molecule has 1 fully saturated rings. The highest BCUT2D eigenvalue weighted by Crippen LogP contribution is 2.43. The van der Waals surface area contributed by atoms with Gasteiger partial charge in [-0.25, -0.2) is 8.78 Å². The molecule has 2 amide bonds. The molecule has 3 unspecified atom stereocenters. The Kier molecular flexibility index (Phi) is 6.65. The van der Waals surface area contributed by atoms with E-state index in [1.165, 1.54) is 14.0 Å². The predicted molar refractivity (Wildman–Crippen MR) is 99.3 cm³/mol. The molecule has 3 N–H and O–H groups in total. The summed E-state index contributed by atoms with van der Waals surface area (Å²) in [5.41, 5.74) is -1.84. The highest BCUT2D eigenvalue weighted by molar-refractivity contribution is 6.02. The molecule has 1 saturated heterocycles. The lowest BCUT2D eigenvalue weighted by atomic mass is 9.76. The number of halogens is 5. The molecule has 0 spiro atoms. The lowest BCUT2D eigenvalue weighted by Crippen LogP contribution is -2.61. The second-order valence-electron chi connectivity index (χ2n) is 7.51. The van der Waals surface area contributed by atoms with E-state index < -0.39 is 64.9 Å². The number of amides is 2. The first-order valence-electron chi connectivity index (χ1n) is 9.64. The van der Waals surface area contributed by atoms with Crippen LogP contribution < -0.4 is 16.0 Å². The van der Waals surface area contributed by atoms with Crippen LogP contribution in [0.3, 0.4) is 0 Å². The van der Waals surface area contributed by atoms with Crippen LogP contribution in [0.25, 0.3) is 0 Å². The molecule has 0 radical (unpaired) electrons. The van der Waals surface area contributed by atoms with Gasteiger partial charge in [0.1, 0.15) is 17.9 Å². The highest BCUT2D eigenvalue weighted by atomic mass is 19.4. The standard InChI is InChI=1S/C20H22F5N3O3/c1-9(17(29)27-8-10-3-4-11(21)7-12(10)22)14-16(20(23,24)25)15-13(28-18(14)30)5-6-26-19(15)31-2/h3-4,7,9,13,15,19,26H,5-6,8H2,1-2H3,(H,27,29)(H,28,30)/t9-,13?,15?,19?/m1/s1. The van der Waals surface area contributed by atoms with Crippen LogP contribution in [0.1, 0.15) is 18.9 Å². The number of fused-ring (bicyclic) bond motifs is 1. The smallest absolute Gasteiger partial charge is 0.366 e. The summed E-state index contributed by atoms with van der Waals surface area (Å²) in [7, 11) is 1.26. The van der Waals surface area contributed by atoms with Gasteiger partial charge in [0.25, 0.3) is 0 Å². The van der Waals surface area contributed by atoms with E-state index in [0.29, 0.717) is 12.6 Å². The minimum absolute atomic E-state index is 0.0453. The molecule has 31 heavy (non-hydrogen) atoms. The van der Waals surface area contributed by atoms with Crippen LogP contribution >= 0.6 is 0 Å². The molecular weight excluding hydrogens is 425 g/mol. The van der Waals surface area contributed by atoms with E-state index in [0.717, 1.165) is 12.1 Å². The maximum atomic E-state index is 14.1. The van der Waals surface area contributed by atoms with Gasteiger partial charge in [-0.15, -0.1) is 0 Å². The zero-order valence-corrected chi connectivity index (χ0v) is 16.8. The van der Waals surface area contributed by atoms with Gasteiger partial charge < -0.3 is 15.4 Å². The Labute approximate surface area is 175 Å². The first kappa shape index (κ1) is 23.1. The van der Waals surface area contributed by atoms with Crippen molar-refractivity contribution < 1.29 is 36.3 Å². The normalized spacial score (nSPS) is 25.0. The molecule has 2 heterocycles. The Balaban J connectivity index is 1.91. The van der Waals surface area contributed by atoms with Gasteiger partial charge in [-0.2, -0.15) is 13.2 Å². The van der Waals surface area contributed by atoms with Crippen molar-refractivity contribution in [2.45, 2.75) is 38.3 Å². The SMILES string of the molecule is COC1NCCC2NC(=O)C([C@@H](C)C(=O)NCc3ccc(F)cc3F)=C(C(F)(F)F)C21. The number of nitrogens with one attached hydrogen (secondary N) is 3. The maximum Gasteiger partial charge on any atom is 0.413 e. The molecule has 1 aromatic carbocycles. The summed E-state index contributed by atoms with van der Waals surface area (Å²) in [4.78, 5) is 25.2. The van der Waals surface area contributed by atoms with Crippen molar-refractivity contribution in [2.75, 3.05) is 13.7 Å². The number of rotatable bonds is 5. The summed E-state index contributed by atoms with van der Waals surface area (Å²) in [5, 5.41) is 7.73. The first-order valence-corrected chi connectivity index (χ1v) is 9.64. The highest BCUT2D eigenvalue weighted by Gasteiger charge is 2.53. The van der Waals surface area contributed by atoms with E-state index in [9.17, 15) is 31.5 Å². The number of carbonyl (C=O) groups is 2. The third-order valence-electron chi connectivity index (χ3n) is 5.60. The van der Waals surface area contributed by atoms with Gasteiger partial charge in [0.2, 0.25) is 11.8 Å². The fraction of sp³-hybridized carbons (Fsp3) is 0.500. The van der Waals surface area contributed by atoms with Crippen molar-refractivity contribution in [1.82, 2.24) is 16.0 Å². The minimum Gasteiger partial charge on any atom is -0.366 e. The molecule has 2 aliphatic rings. The van der Waals surface area contributed by atoms with Gasteiger partial charge in [0.05, 0.1) is 11.5 Å². The van der Waals surface area contributed by atoms with E-state index in [2.05, 4.69) is 16.0 Å². The van der Waals surface area contributed by atoms with Crippen LogP contribution in [0, 0.1) is 23.5 Å². The molecule has 2 aliphatic heterocycles. The van der Waals surface area contributed by atoms with Crippen molar-refractivity contribution in [3.8, 4) is 0 Å². The molecule has 0 bridgehead atoms. The number of hydrogen-bond acceptors (Lipinski definition) is 4. The average molecular weight is 447 g/mol. The fourth-order valence-corrected chi connectivity index (χ4v) is 4.09. The number of methoxy groups -OCH3 is 1. The van der Waals surface area contributed by atoms with Crippen LogP contribution in [0.4, 0.5) is 22.0 Å². The molecule has 3 rings (SSSR count). The van der Waals surface area contributed by atoms with Crippen LogP contribution in [0.5, 0.6) is 0 Å². The quantitative estimate of drug-likeness (QED) is 0.605. The Morgan fingerprint density at radius 2 is 2.03 bits per heavy atom. The minimum atomic E-state index is -4.87. The van der Waals surface area contributed by atoms with Gasteiger partial charge >= 0.3 is 6.18 Å². The number of piperidine rings is 1. The lowest BCUT2D eigenvalue weighted by Gasteiger charge is -2.44.